The Morgan fingerprint density at radius 3 is 2.27 bits per heavy atom. The summed E-state index contributed by atoms with van der Waals surface area (Å²) < 4.78 is 0. The Kier molecular flexibility index (Phi) is 6.41. The Morgan fingerprint density at radius 2 is 1.73 bits per heavy atom. The fourth-order valence-electron chi connectivity index (χ4n) is 0.974. The van der Waals surface area contributed by atoms with E-state index in [0.29, 0.717) is 0 Å². The number of aryl methyl sites for hydroxylation is 1. The molecule has 0 radical (unpaired) electrons. The van der Waals surface area contributed by atoms with Crippen LogP contribution in [0.2, 0.25) is 0 Å². The van der Waals surface area contributed by atoms with Gasteiger partial charge in [0.1, 0.15) is 0 Å². The van der Waals surface area contributed by atoms with Crippen molar-refractivity contribution < 1.29 is 18.9 Å². The first kappa shape index (κ1) is 10.8. The molecule has 0 saturated heterocycles. The quantitative estimate of drug-likeness (QED) is 0.404. The minimum Gasteiger partial charge on any atom is -0.343 e. The Hall–Kier alpha value is -0.183. The van der Waals surface area contributed by atoms with Crippen LogP contribution in [0.3, 0.4) is 0 Å². The SMILES string of the molecule is [CH2-]CCCc1ccccc1.[Li+]. The molecule has 0 nitrogen and oxygen atoms in total. The molecule has 1 rings (SSSR count). The normalized spacial score (nSPS) is 8.82. The molecule has 0 N–H and O–H groups in total. The van der Waals surface area contributed by atoms with Crippen molar-refractivity contribution in [2.24, 2.45) is 0 Å². The van der Waals surface area contributed by atoms with Crippen molar-refractivity contribution in [1.82, 2.24) is 0 Å². The van der Waals surface area contributed by atoms with Gasteiger partial charge in [0, 0.05) is 0 Å². The zero-order valence-electron chi connectivity index (χ0n) is 7.22. The molecule has 0 bridgehead atoms. The number of rotatable bonds is 3. The summed E-state index contributed by atoms with van der Waals surface area (Å²) in [6.07, 6.45) is 3.41. The Bertz CT molecular complexity index is 169. The summed E-state index contributed by atoms with van der Waals surface area (Å²) in [4.78, 5) is 0. The van der Waals surface area contributed by atoms with Crippen LogP contribution < -0.4 is 18.9 Å². The molecule has 0 heterocycles. The second-order valence-corrected chi connectivity index (χ2v) is 2.44. The van der Waals surface area contributed by atoms with Gasteiger partial charge in [0.2, 0.25) is 0 Å². The van der Waals surface area contributed by atoms with E-state index in [4.69, 9.17) is 0 Å². The van der Waals surface area contributed by atoms with Crippen molar-refractivity contribution in [3.63, 3.8) is 0 Å². The first-order chi connectivity index (χ1) is 4.93. The summed E-state index contributed by atoms with van der Waals surface area (Å²) in [5.41, 5.74) is 1.42. The van der Waals surface area contributed by atoms with Crippen LogP contribution in [0.25, 0.3) is 0 Å². The zero-order chi connectivity index (χ0) is 7.23. The van der Waals surface area contributed by atoms with Crippen LogP contribution >= 0.6 is 0 Å². The van der Waals surface area contributed by atoms with Crippen LogP contribution in [0.4, 0.5) is 0 Å². The summed E-state index contributed by atoms with van der Waals surface area (Å²) in [7, 11) is 0. The predicted molar refractivity (Wildman–Crippen MR) is 44.7 cm³/mol. The maximum atomic E-state index is 3.80. The molecule has 0 spiro atoms. The number of benzene rings is 1. The molecule has 0 aliphatic rings. The van der Waals surface area contributed by atoms with E-state index in [1.54, 1.807) is 0 Å². The van der Waals surface area contributed by atoms with Gasteiger partial charge in [-0.05, 0) is 12.0 Å². The first-order valence-corrected chi connectivity index (χ1v) is 3.76. The molecule has 11 heavy (non-hydrogen) atoms. The molecule has 1 heteroatoms. The minimum absolute atomic E-state index is 0. The van der Waals surface area contributed by atoms with E-state index in [-0.39, 0.29) is 18.9 Å². The van der Waals surface area contributed by atoms with Crippen LogP contribution in [0, 0.1) is 6.92 Å². The fourth-order valence-corrected chi connectivity index (χ4v) is 0.974. The van der Waals surface area contributed by atoms with E-state index in [2.05, 4.69) is 31.2 Å². The van der Waals surface area contributed by atoms with Crippen LogP contribution in [0.1, 0.15) is 18.4 Å². The molecular formula is C10H13Li. The second kappa shape index (κ2) is 6.52. The number of hydrogen-bond donors (Lipinski definition) is 0. The summed E-state index contributed by atoms with van der Waals surface area (Å²) in [6, 6.07) is 10.5. The van der Waals surface area contributed by atoms with Gasteiger partial charge in [-0.15, -0.1) is 0 Å². The molecule has 0 aromatic heterocycles. The van der Waals surface area contributed by atoms with Gasteiger partial charge < -0.3 is 6.92 Å². The molecule has 0 unspecified atom stereocenters. The number of hydrogen-bond acceptors (Lipinski definition) is 0. The van der Waals surface area contributed by atoms with Gasteiger partial charge in [-0.2, -0.15) is 6.42 Å². The van der Waals surface area contributed by atoms with Crippen molar-refractivity contribution in [2.75, 3.05) is 0 Å². The summed E-state index contributed by atoms with van der Waals surface area (Å²) >= 11 is 0. The van der Waals surface area contributed by atoms with E-state index >= 15 is 0 Å². The van der Waals surface area contributed by atoms with E-state index in [1.807, 2.05) is 6.07 Å². The largest absolute Gasteiger partial charge is 1.00 e. The zero-order valence-corrected chi connectivity index (χ0v) is 7.22. The topological polar surface area (TPSA) is 0 Å². The fraction of sp³-hybridized carbons (Fsp3) is 0.300. The van der Waals surface area contributed by atoms with Gasteiger partial charge in [0.15, 0.2) is 0 Å². The van der Waals surface area contributed by atoms with Gasteiger partial charge in [0.25, 0.3) is 0 Å². The average Bonchev–Trinajstić information content (AvgIpc) is 2.03. The summed E-state index contributed by atoms with van der Waals surface area (Å²) in [6.45, 7) is 3.80. The summed E-state index contributed by atoms with van der Waals surface area (Å²) in [5, 5.41) is 0. The van der Waals surface area contributed by atoms with E-state index in [0.717, 1.165) is 6.42 Å². The third-order valence-corrected chi connectivity index (χ3v) is 1.56. The molecular weight excluding hydrogens is 127 g/mol. The first-order valence-electron chi connectivity index (χ1n) is 3.76. The van der Waals surface area contributed by atoms with Gasteiger partial charge in [-0.3, -0.25) is 0 Å². The molecule has 54 valence electrons. The van der Waals surface area contributed by atoms with Crippen LogP contribution in [-0.2, 0) is 6.42 Å². The van der Waals surface area contributed by atoms with Gasteiger partial charge in [0.05, 0.1) is 0 Å². The second-order valence-electron chi connectivity index (χ2n) is 2.44. The maximum absolute atomic E-state index is 3.80. The van der Waals surface area contributed by atoms with E-state index < -0.39 is 0 Å². The molecule has 0 fully saturated rings. The molecule has 0 atom stereocenters. The molecule has 0 aliphatic carbocycles. The monoisotopic (exact) mass is 140 g/mol. The van der Waals surface area contributed by atoms with Gasteiger partial charge >= 0.3 is 18.9 Å². The minimum atomic E-state index is 0. The Balaban J connectivity index is 0.000001000. The molecule has 1 aromatic carbocycles. The Labute approximate surface area is 81.2 Å². The van der Waals surface area contributed by atoms with E-state index in [1.165, 1.54) is 18.4 Å². The van der Waals surface area contributed by atoms with Crippen LogP contribution in [0.5, 0.6) is 0 Å². The van der Waals surface area contributed by atoms with Crippen molar-refractivity contribution in [3.05, 3.63) is 42.8 Å². The van der Waals surface area contributed by atoms with Crippen LogP contribution in [-0.4, -0.2) is 0 Å². The summed E-state index contributed by atoms with van der Waals surface area (Å²) in [5.74, 6) is 0. The van der Waals surface area contributed by atoms with Gasteiger partial charge in [-0.25, -0.2) is 0 Å². The van der Waals surface area contributed by atoms with Crippen molar-refractivity contribution in [2.45, 2.75) is 19.3 Å². The van der Waals surface area contributed by atoms with Crippen LogP contribution in [0.15, 0.2) is 30.3 Å². The predicted octanol–water partition coefficient (Wildman–Crippen LogP) is -0.153. The third-order valence-electron chi connectivity index (χ3n) is 1.56. The third kappa shape index (κ3) is 4.30. The van der Waals surface area contributed by atoms with Gasteiger partial charge in [-0.1, -0.05) is 36.8 Å². The van der Waals surface area contributed by atoms with E-state index in [9.17, 15) is 0 Å². The molecule has 0 saturated carbocycles. The molecule has 0 aliphatic heterocycles. The van der Waals surface area contributed by atoms with Crippen molar-refractivity contribution in [1.29, 1.82) is 0 Å². The number of unbranched alkanes of at least 4 members (excludes halogenated alkanes) is 1. The maximum Gasteiger partial charge on any atom is 1.00 e. The van der Waals surface area contributed by atoms with Crippen molar-refractivity contribution in [3.8, 4) is 0 Å². The average molecular weight is 140 g/mol. The molecule has 1 aromatic rings. The standard InChI is InChI=1S/C10H13.Li/c1-2-3-7-10-8-5-4-6-9-10;/h4-6,8-9H,1-3,7H2;/q-1;+1. The molecule has 0 amide bonds. The smallest absolute Gasteiger partial charge is 0.343 e. The Morgan fingerprint density at radius 1 is 1.09 bits per heavy atom. The van der Waals surface area contributed by atoms with Crippen molar-refractivity contribution >= 4 is 0 Å².